The first-order valence-electron chi connectivity index (χ1n) is 6.72. The highest BCUT2D eigenvalue weighted by atomic mass is 15.3. The van der Waals surface area contributed by atoms with Gasteiger partial charge in [0.25, 0.3) is 0 Å². The van der Waals surface area contributed by atoms with Crippen molar-refractivity contribution in [1.29, 1.82) is 0 Å². The Kier molecular flexibility index (Phi) is 5.28. The summed E-state index contributed by atoms with van der Waals surface area (Å²) >= 11 is 0. The molecule has 0 bridgehead atoms. The molecule has 1 heterocycles. The van der Waals surface area contributed by atoms with Crippen LogP contribution >= 0.6 is 0 Å². The van der Waals surface area contributed by atoms with E-state index in [0.717, 1.165) is 25.3 Å². The van der Waals surface area contributed by atoms with E-state index < -0.39 is 0 Å². The Hall–Kier alpha value is -0.940. The second kappa shape index (κ2) is 6.29. The zero-order valence-electron chi connectivity index (χ0n) is 12.6. The molecular formula is C13H27N5. The van der Waals surface area contributed by atoms with Gasteiger partial charge in [0.15, 0.2) is 0 Å². The Morgan fingerprint density at radius 2 is 2.00 bits per heavy atom. The molecular weight excluding hydrogens is 226 g/mol. The second-order valence-corrected chi connectivity index (χ2v) is 5.17. The molecule has 1 rings (SSSR count). The molecule has 5 nitrogen and oxygen atoms in total. The maximum Gasteiger partial charge on any atom is 0.138 e. The van der Waals surface area contributed by atoms with Crippen molar-refractivity contribution >= 4 is 0 Å². The van der Waals surface area contributed by atoms with Gasteiger partial charge in [0.1, 0.15) is 12.2 Å². The molecule has 0 amide bonds. The molecule has 0 radical (unpaired) electrons. The van der Waals surface area contributed by atoms with Gasteiger partial charge >= 0.3 is 0 Å². The molecule has 1 N–H and O–H groups in total. The van der Waals surface area contributed by atoms with Crippen molar-refractivity contribution in [2.45, 2.75) is 45.7 Å². The van der Waals surface area contributed by atoms with Gasteiger partial charge in [-0.1, -0.05) is 13.8 Å². The number of nitrogens with zero attached hydrogens (tertiary/aromatic N) is 4. The zero-order chi connectivity index (χ0) is 13.8. The highest BCUT2D eigenvalue weighted by Gasteiger charge is 2.33. The number of aryl methyl sites for hydroxylation is 1. The Bertz CT molecular complexity index is 354. The molecule has 18 heavy (non-hydrogen) atoms. The molecule has 0 aliphatic carbocycles. The van der Waals surface area contributed by atoms with Crippen molar-refractivity contribution in [2.24, 2.45) is 7.05 Å². The van der Waals surface area contributed by atoms with E-state index in [-0.39, 0.29) is 5.54 Å². The third-order valence-corrected chi connectivity index (χ3v) is 3.97. The Balaban J connectivity index is 2.85. The van der Waals surface area contributed by atoms with Gasteiger partial charge in [0.05, 0.1) is 0 Å². The molecule has 0 aliphatic heterocycles. The average molecular weight is 253 g/mol. The molecule has 1 aromatic rings. The molecule has 0 spiro atoms. The lowest BCUT2D eigenvalue weighted by Crippen LogP contribution is -2.58. The van der Waals surface area contributed by atoms with Crippen LogP contribution in [0.5, 0.6) is 0 Å². The van der Waals surface area contributed by atoms with Gasteiger partial charge in [0, 0.05) is 25.0 Å². The SMILES string of the molecule is CCN(CC)C(C)(C)C(Cc1ncnn1C)NC. The fourth-order valence-corrected chi connectivity index (χ4v) is 2.65. The van der Waals surface area contributed by atoms with Gasteiger partial charge in [-0.3, -0.25) is 9.58 Å². The maximum atomic E-state index is 4.32. The minimum atomic E-state index is 0.0875. The number of aromatic nitrogens is 3. The van der Waals surface area contributed by atoms with E-state index in [0.29, 0.717) is 6.04 Å². The summed E-state index contributed by atoms with van der Waals surface area (Å²) in [4.78, 5) is 6.80. The summed E-state index contributed by atoms with van der Waals surface area (Å²) in [7, 11) is 3.96. The fourth-order valence-electron chi connectivity index (χ4n) is 2.65. The van der Waals surface area contributed by atoms with Gasteiger partial charge in [-0.25, -0.2) is 4.98 Å². The number of hydrogen-bond donors (Lipinski definition) is 1. The standard InChI is InChI=1S/C13H27N5/c1-7-18(8-2)13(3,4)11(14-5)9-12-15-10-16-17(12)6/h10-11,14H,7-9H2,1-6H3. The summed E-state index contributed by atoms with van der Waals surface area (Å²) in [5, 5.41) is 7.57. The van der Waals surface area contributed by atoms with Crippen molar-refractivity contribution < 1.29 is 0 Å². The summed E-state index contributed by atoms with van der Waals surface area (Å²) in [6.07, 6.45) is 2.50. The first-order valence-corrected chi connectivity index (χ1v) is 6.72. The van der Waals surface area contributed by atoms with E-state index in [1.54, 1.807) is 6.33 Å². The van der Waals surface area contributed by atoms with E-state index in [9.17, 15) is 0 Å². The highest BCUT2D eigenvalue weighted by Crippen LogP contribution is 2.21. The van der Waals surface area contributed by atoms with Gasteiger partial charge < -0.3 is 5.32 Å². The van der Waals surface area contributed by atoms with E-state index >= 15 is 0 Å². The molecule has 5 heteroatoms. The molecule has 0 saturated heterocycles. The Morgan fingerprint density at radius 1 is 1.39 bits per heavy atom. The van der Waals surface area contributed by atoms with Crippen LogP contribution < -0.4 is 5.32 Å². The van der Waals surface area contributed by atoms with E-state index in [2.05, 4.69) is 48.0 Å². The monoisotopic (exact) mass is 253 g/mol. The Morgan fingerprint density at radius 3 is 2.39 bits per heavy atom. The first kappa shape index (κ1) is 15.1. The van der Waals surface area contributed by atoms with Crippen LogP contribution in [0.1, 0.15) is 33.5 Å². The largest absolute Gasteiger partial charge is 0.315 e. The topological polar surface area (TPSA) is 46.0 Å². The van der Waals surface area contributed by atoms with Crippen LogP contribution in [-0.4, -0.2) is 51.4 Å². The third-order valence-electron chi connectivity index (χ3n) is 3.97. The lowest BCUT2D eigenvalue weighted by atomic mass is 9.89. The number of likely N-dealkylation sites (N-methyl/N-ethyl adjacent to an activating group) is 2. The van der Waals surface area contributed by atoms with Crippen LogP contribution in [0, 0.1) is 0 Å². The normalized spacial score (nSPS) is 14.2. The lowest BCUT2D eigenvalue weighted by molar-refractivity contribution is 0.0932. The summed E-state index contributed by atoms with van der Waals surface area (Å²) in [5.41, 5.74) is 0.0875. The van der Waals surface area contributed by atoms with Crippen LogP contribution in [-0.2, 0) is 13.5 Å². The molecule has 1 atom stereocenters. The van der Waals surface area contributed by atoms with E-state index in [1.165, 1.54) is 0 Å². The van der Waals surface area contributed by atoms with Crippen molar-refractivity contribution in [3.05, 3.63) is 12.2 Å². The zero-order valence-corrected chi connectivity index (χ0v) is 12.6. The van der Waals surface area contributed by atoms with E-state index in [4.69, 9.17) is 0 Å². The fraction of sp³-hybridized carbons (Fsp3) is 0.846. The predicted molar refractivity (Wildman–Crippen MR) is 74.6 cm³/mol. The third kappa shape index (κ3) is 3.09. The van der Waals surface area contributed by atoms with Gasteiger partial charge in [-0.2, -0.15) is 5.10 Å². The minimum Gasteiger partial charge on any atom is -0.315 e. The molecule has 0 saturated carbocycles. The average Bonchev–Trinajstić information content (AvgIpc) is 2.72. The summed E-state index contributed by atoms with van der Waals surface area (Å²) < 4.78 is 1.85. The van der Waals surface area contributed by atoms with Crippen molar-refractivity contribution in [2.75, 3.05) is 20.1 Å². The summed E-state index contributed by atoms with van der Waals surface area (Å²) in [6, 6.07) is 0.347. The van der Waals surface area contributed by atoms with Crippen LogP contribution in [0.3, 0.4) is 0 Å². The van der Waals surface area contributed by atoms with Crippen LogP contribution in [0.4, 0.5) is 0 Å². The predicted octanol–water partition coefficient (Wildman–Crippen LogP) is 1.07. The highest BCUT2D eigenvalue weighted by molar-refractivity contribution is 4.99. The molecule has 1 unspecified atom stereocenters. The Labute approximate surface area is 111 Å². The van der Waals surface area contributed by atoms with Crippen LogP contribution in [0.25, 0.3) is 0 Å². The van der Waals surface area contributed by atoms with Crippen LogP contribution in [0.2, 0.25) is 0 Å². The van der Waals surface area contributed by atoms with Crippen molar-refractivity contribution in [3.63, 3.8) is 0 Å². The summed E-state index contributed by atoms with van der Waals surface area (Å²) in [5.74, 6) is 1.02. The minimum absolute atomic E-state index is 0.0875. The van der Waals surface area contributed by atoms with E-state index in [1.807, 2.05) is 18.8 Å². The van der Waals surface area contributed by atoms with Crippen molar-refractivity contribution in [3.8, 4) is 0 Å². The smallest absolute Gasteiger partial charge is 0.138 e. The maximum absolute atomic E-state index is 4.32. The van der Waals surface area contributed by atoms with Gasteiger partial charge in [-0.05, 0) is 34.0 Å². The number of nitrogens with one attached hydrogen (secondary N) is 1. The molecule has 0 fully saturated rings. The molecule has 1 aromatic heterocycles. The lowest BCUT2D eigenvalue weighted by Gasteiger charge is -2.43. The quantitative estimate of drug-likeness (QED) is 0.789. The number of rotatable bonds is 7. The first-order chi connectivity index (χ1) is 8.47. The van der Waals surface area contributed by atoms with Crippen LogP contribution in [0.15, 0.2) is 6.33 Å². The van der Waals surface area contributed by atoms with Gasteiger partial charge in [-0.15, -0.1) is 0 Å². The van der Waals surface area contributed by atoms with Gasteiger partial charge in [0.2, 0.25) is 0 Å². The summed E-state index contributed by atoms with van der Waals surface area (Å²) in [6.45, 7) is 11.1. The molecule has 0 aromatic carbocycles. The second-order valence-electron chi connectivity index (χ2n) is 5.17. The molecule has 104 valence electrons. The van der Waals surface area contributed by atoms with Crippen molar-refractivity contribution in [1.82, 2.24) is 25.0 Å². The molecule has 0 aliphatic rings. The number of hydrogen-bond acceptors (Lipinski definition) is 4.